The molecular weight excluding hydrogens is 224 g/mol. The van der Waals surface area contributed by atoms with Gasteiger partial charge in [0.05, 0.1) is 13.1 Å². The summed E-state index contributed by atoms with van der Waals surface area (Å²) in [5, 5.41) is 6.30. The zero-order chi connectivity index (χ0) is 13.1. The second-order valence-corrected chi connectivity index (χ2v) is 4.57. The maximum atomic E-state index is 5.23. The minimum atomic E-state index is 0.523. The Labute approximate surface area is 111 Å². The molecule has 0 bridgehead atoms. The quantitative estimate of drug-likeness (QED) is 0.435. The summed E-state index contributed by atoms with van der Waals surface area (Å²) in [5.74, 6) is 3.39. The molecule has 0 aromatic rings. The van der Waals surface area contributed by atoms with Crippen LogP contribution in [0, 0.1) is 12.3 Å². The largest absolute Gasteiger partial charge is 0.357 e. The van der Waals surface area contributed by atoms with E-state index in [-0.39, 0.29) is 0 Å². The van der Waals surface area contributed by atoms with Gasteiger partial charge >= 0.3 is 0 Å². The van der Waals surface area contributed by atoms with Crippen LogP contribution in [0.3, 0.4) is 0 Å². The van der Waals surface area contributed by atoms with Gasteiger partial charge in [0.15, 0.2) is 5.96 Å². The summed E-state index contributed by atoms with van der Waals surface area (Å²) in [5.41, 5.74) is 0. The van der Waals surface area contributed by atoms with E-state index in [1.54, 1.807) is 0 Å². The first-order valence-electron chi connectivity index (χ1n) is 7.04. The van der Waals surface area contributed by atoms with Gasteiger partial charge in [-0.15, -0.1) is 6.42 Å². The Morgan fingerprint density at radius 2 is 1.94 bits per heavy atom. The van der Waals surface area contributed by atoms with E-state index in [9.17, 15) is 0 Å². The molecule has 0 radical (unpaired) electrons. The minimum Gasteiger partial charge on any atom is -0.357 e. The average Bonchev–Trinajstić information content (AvgIpc) is 2.64. The van der Waals surface area contributed by atoms with Gasteiger partial charge in [-0.25, -0.2) is 0 Å². The SMILES string of the molecule is C#CCNC(=NCCN1CCCCCC1)NCC. The molecule has 1 saturated heterocycles. The van der Waals surface area contributed by atoms with E-state index < -0.39 is 0 Å². The van der Waals surface area contributed by atoms with Crippen LogP contribution in [-0.4, -0.2) is 50.1 Å². The van der Waals surface area contributed by atoms with E-state index in [1.165, 1.54) is 38.8 Å². The van der Waals surface area contributed by atoms with Crippen molar-refractivity contribution in [1.29, 1.82) is 0 Å². The Hall–Kier alpha value is -1.21. The lowest BCUT2D eigenvalue weighted by molar-refractivity contribution is 0.293. The Morgan fingerprint density at radius 3 is 2.56 bits per heavy atom. The Bertz CT molecular complexity index is 272. The van der Waals surface area contributed by atoms with Crippen LogP contribution in [-0.2, 0) is 0 Å². The van der Waals surface area contributed by atoms with Crippen LogP contribution in [0.25, 0.3) is 0 Å². The molecule has 0 amide bonds. The standard InChI is InChI=1S/C14H26N4/c1-3-9-16-14(15-4-2)17-10-13-18-11-7-5-6-8-12-18/h1H,4-13H2,2H3,(H2,15,16,17). The molecule has 0 aliphatic carbocycles. The molecule has 0 unspecified atom stereocenters. The van der Waals surface area contributed by atoms with Gasteiger partial charge < -0.3 is 15.5 Å². The highest BCUT2D eigenvalue weighted by Crippen LogP contribution is 2.08. The highest BCUT2D eigenvalue weighted by molar-refractivity contribution is 5.79. The van der Waals surface area contributed by atoms with Crippen molar-refractivity contribution >= 4 is 5.96 Å². The average molecular weight is 250 g/mol. The summed E-state index contributed by atoms with van der Waals surface area (Å²) in [6.07, 6.45) is 10.7. The second-order valence-electron chi connectivity index (χ2n) is 4.57. The number of likely N-dealkylation sites (tertiary alicyclic amines) is 1. The van der Waals surface area contributed by atoms with Crippen molar-refractivity contribution < 1.29 is 0 Å². The van der Waals surface area contributed by atoms with Gasteiger partial charge in [0.1, 0.15) is 0 Å². The van der Waals surface area contributed by atoms with E-state index >= 15 is 0 Å². The Balaban J connectivity index is 2.27. The van der Waals surface area contributed by atoms with E-state index in [1.807, 2.05) is 0 Å². The third-order valence-electron chi connectivity index (χ3n) is 3.09. The van der Waals surface area contributed by atoms with E-state index in [2.05, 4.69) is 33.4 Å². The third-order valence-corrected chi connectivity index (χ3v) is 3.09. The number of nitrogens with zero attached hydrogens (tertiary/aromatic N) is 2. The molecule has 1 aliphatic rings. The number of hydrogen-bond acceptors (Lipinski definition) is 2. The van der Waals surface area contributed by atoms with Crippen LogP contribution in [0.1, 0.15) is 32.6 Å². The summed E-state index contributed by atoms with van der Waals surface area (Å²) in [6, 6.07) is 0. The molecule has 1 heterocycles. The molecule has 1 aliphatic heterocycles. The first-order valence-corrected chi connectivity index (χ1v) is 7.04. The van der Waals surface area contributed by atoms with Crippen LogP contribution in [0.15, 0.2) is 4.99 Å². The van der Waals surface area contributed by atoms with Crippen molar-refractivity contribution in [3.05, 3.63) is 0 Å². The van der Waals surface area contributed by atoms with Crippen molar-refractivity contribution in [3.8, 4) is 12.3 Å². The van der Waals surface area contributed by atoms with Crippen LogP contribution in [0.2, 0.25) is 0 Å². The zero-order valence-electron chi connectivity index (χ0n) is 11.5. The summed E-state index contributed by atoms with van der Waals surface area (Å²) >= 11 is 0. The molecular formula is C14H26N4. The number of rotatable bonds is 5. The molecule has 4 nitrogen and oxygen atoms in total. The predicted molar refractivity (Wildman–Crippen MR) is 77.7 cm³/mol. The van der Waals surface area contributed by atoms with Crippen molar-refractivity contribution in [1.82, 2.24) is 15.5 Å². The van der Waals surface area contributed by atoms with E-state index in [4.69, 9.17) is 6.42 Å². The molecule has 0 saturated carbocycles. The van der Waals surface area contributed by atoms with Crippen molar-refractivity contribution in [2.24, 2.45) is 4.99 Å². The van der Waals surface area contributed by atoms with Crippen molar-refractivity contribution in [2.45, 2.75) is 32.6 Å². The lowest BCUT2D eigenvalue weighted by Gasteiger charge is -2.18. The van der Waals surface area contributed by atoms with Crippen molar-refractivity contribution in [3.63, 3.8) is 0 Å². The summed E-state index contributed by atoms with van der Waals surface area (Å²) in [6.45, 7) is 7.78. The van der Waals surface area contributed by atoms with Gasteiger partial charge in [-0.05, 0) is 32.9 Å². The second kappa shape index (κ2) is 9.78. The molecule has 18 heavy (non-hydrogen) atoms. The summed E-state index contributed by atoms with van der Waals surface area (Å²) in [7, 11) is 0. The normalized spacial score (nSPS) is 17.9. The molecule has 0 atom stereocenters. The van der Waals surface area contributed by atoms with Gasteiger partial charge in [0.2, 0.25) is 0 Å². The lowest BCUT2D eigenvalue weighted by Crippen LogP contribution is -2.38. The molecule has 4 heteroatoms. The topological polar surface area (TPSA) is 39.7 Å². The van der Waals surface area contributed by atoms with Gasteiger partial charge in [0.25, 0.3) is 0 Å². The zero-order valence-corrected chi connectivity index (χ0v) is 11.5. The highest BCUT2D eigenvalue weighted by Gasteiger charge is 2.07. The number of aliphatic imine (C=N–C) groups is 1. The molecule has 1 fully saturated rings. The van der Waals surface area contributed by atoms with Crippen molar-refractivity contribution in [2.75, 3.05) is 39.3 Å². The highest BCUT2D eigenvalue weighted by atomic mass is 15.2. The number of hydrogen-bond donors (Lipinski definition) is 2. The van der Waals surface area contributed by atoms with E-state index in [0.717, 1.165) is 25.6 Å². The Kier molecular flexibility index (Phi) is 8.07. The number of guanidine groups is 1. The first-order chi connectivity index (χ1) is 8.86. The van der Waals surface area contributed by atoms with Gasteiger partial charge in [-0.1, -0.05) is 18.8 Å². The predicted octanol–water partition coefficient (Wildman–Crippen LogP) is 1.05. The maximum absolute atomic E-state index is 5.23. The van der Waals surface area contributed by atoms with Crippen LogP contribution in [0.4, 0.5) is 0 Å². The fourth-order valence-electron chi connectivity index (χ4n) is 2.14. The maximum Gasteiger partial charge on any atom is 0.192 e. The molecule has 102 valence electrons. The molecule has 0 aromatic carbocycles. The van der Waals surface area contributed by atoms with Gasteiger partial charge in [-0.2, -0.15) is 0 Å². The van der Waals surface area contributed by atoms with Gasteiger partial charge in [0, 0.05) is 13.1 Å². The fourth-order valence-corrected chi connectivity index (χ4v) is 2.14. The third kappa shape index (κ3) is 6.51. The van der Waals surface area contributed by atoms with Gasteiger partial charge in [-0.3, -0.25) is 4.99 Å². The number of nitrogens with one attached hydrogen (secondary N) is 2. The monoisotopic (exact) mass is 250 g/mol. The van der Waals surface area contributed by atoms with Crippen LogP contribution >= 0.6 is 0 Å². The molecule has 2 N–H and O–H groups in total. The summed E-state index contributed by atoms with van der Waals surface area (Å²) < 4.78 is 0. The fraction of sp³-hybridized carbons (Fsp3) is 0.786. The molecule has 1 rings (SSSR count). The number of terminal acetylenes is 1. The first kappa shape index (κ1) is 14.8. The van der Waals surface area contributed by atoms with Crippen LogP contribution < -0.4 is 10.6 Å². The Morgan fingerprint density at radius 1 is 1.22 bits per heavy atom. The van der Waals surface area contributed by atoms with E-state index in [0.29, 0.717) is 6.54 Å². The molecule has 0 aromatic heterocycles. The smallest absolute Gasteiger partial charge is 0.192 e. The van der Waals surface area contributed by atoms with Crippen LogP contribution in [0.5, 0.6) is 0 Å². The summed E-state index contributed by atoms with van der Waals surface area (Å²) in [4.78, 5) is 7.05. The molecule has 0 spiro atoms. The minimum absolute atomic E-state index is 0.523. The lowest BCUT2D eigenvalue weighted by atomic mass is 10.2.